The van der Waals surface area contributed by atoms with Crippen LogP contribution in [0.5, 0.6) is 0 Å². The molecule has 0 N–H and O–H groups in total. The molecule has 81 heavy (non-hydrogen) atoms. The Morgan fingerprint density at radius 3 is 1.12 bits per heavy atom. The van der Waals surface area contributed by atoms with Gasteiger partial charge in [-0.3, -0.25) is 0 Å². The smallest absolute Gasteiger partial charge is 0.456 e. The van der Waals surface area contributed by atoms with E-state index in [9.17, 15) is 0 Å². The van der Waals surface area contributed by atoms with Gasteiger partial charge in [-0.05, 0) is 93.1 Å². The van der Waals surface area contributed by atoms with E-state index in [0.29, 0.717) is 46.1 Å². The van der Waals surface area contributed by atoms with Crippen molar-refractivity contribution in [1.82, 2.24) is 0 Å². The van der Waals surface area contributed by atoms with Crippen LogP contribution in [0.1, 0.15) is 34.6 Å². The van der Waals surface area contributed by atoms with E-state index in [4.69, 9.17) is 58.5 Å². The minimum absolute atomic E-state index is 0.270. The molecule has 0 spiro atoms. The van der Waals surface area contributed by atoms with E-state index in [-0.39, 0.29) is 6.04 Å². The van der Waals surface area contributed by atoms with E-state index in [1.54, 1.807) is 7.11 Å². The normalized spacial score (nSPS) is 28.2. The highest BCUT2D eigenvalue weighted by molar-refractivity contribution is 7.05. The predicted molar refractivity (Wildman–Crippen MR) is 340 cm³/mol. The maximum absolute atomic E-state index is 8.11. The Morgan fingerprint density at radius 1 is 0.358 bits per heavy atom. The van der Waals surface area contributed by atoms with Gasteiger partial charge in [0.15, 0.2) is 8.32 Å². The Labute approximate surface area is 489 Å². The van der Waals surface area contributed by atoms with Crippen molar-refractivity contribution in [2.24, 2.45) is 0 Å². The molecule has 0 aliphatic carbocycles. The molecule has 0 saturated carbocycles. The van der Waals surface area contributed by atoms with Crippen LogP contribution in [-0.4, -0.2) is 93.4 Å². The van der Waals surface area contributed by atoms with Gasteiger partial charge in [0.2, 0.25) is 16.6 Å². The van der Waals surface area contributed by atoms with Crippen LogP contribution >= 0.6 is 0 Å². The number of rotatable bonds is 18. The van der Waals surface area contributed by atoms with Gasteiger partial charge in [0.05, 0.1) is 0 Å². The minimum Gasteiger partial charge on any atom is -0.456 e. The summed E-state index contributed by atoms with van der Waals surface area (Å²) in [5, 5.41) is 3.58. The van der Waals surface area contributed by atoms with Crippen LogP contribution < -0.4 is 20.7 Å². The fraction of sp³-hybridized carbons (Fsp3) is 0.333. The zero-order chi connectivity index (χ0) is 57.7. The van der Waals surface area contributed by atoms with Crippen molar-refractivity contribution in [2.45, 2.75) is 117 Å². The second-order valence-electron chi connectivity index (χ2n) is 23.0. The number of furan rings is 2. The van der Waals surface area contributed by atoms with Crippen molar-refractivity contribution in [3.63, 3.8) is 0 Å². The molecule has 3 aliphatic rings. The van der Waals surface area contributed by atoms with Gasteiger partial charge in [-0.2, -0.15) is 0 Å². The van der Waals surface area contributed by atoms with Gasteiger partial charge in [-0.25, -0.2) is 0 Å². The molecule has 7 atom stereocenters. The largest absolute Gasteiger partial charge is 0.515 e. The third kappa shape index (κ3) is 12.4. The number of fused-ring (bicyclic) bond motifs is 3. The lowest BCUT2D eigenvalue weighted by Crippen LogP contribution is -2.86. The molecule has 14 nitrogen and oxygen atoms in total. The first-order valence-electron chi connectivity index (χ1n) is 28.3. The van der Waals surface area contributed by atoms with Crippen molar-refractivity contribution in [3.05, 3.63) is 158 Å². The second kappa shape index (κ2) is 23.0. The van der Waals surface area contributed by atoms with E-state index in [1.165, 1.54) is 5.19 Å². The zero-order valence-corrected chi connectivity index (χ0v) is 59.3. The highest BCUT2D eigenvalue weighted by Crippen LogP contribution is 2.47. The van der Waals surface area contributed by atoms with E-state index < -0.39 is 86.3 Å². The zero-order valence-electron chi connectivity index (χ0n) is 49.3. The standard InChI is InChI=1S/C57H78O14Si10/c1-15-75(14)63-78(18-4)65-77(17-3,62-74(12,13)51-40-38-50(39-41-51)73(10,11)58-6)69-81(53-36-32-49(33-37-53)57-45-43-55(60-57)47-28-24-21-25-29-47)68-76(16-2,61-72(7,8)9)67-80(64-75,70-79(19-5,66-78)71-81)52-34-30-48(31-35-52)56-44-42-54(59-56)46-26-22-20-23-27-46/h20-45H,15-19H2,1-14H3/t75-,76-,77-,78+,79-,80+,81+/m1/s1. The summed E-state index contributed by atoms with van der Waals surface area (Å²) < 4.78 is 106. The van der Waals surface area contributed by atoms with Crippen molar-refractivity contribution >= 4 is 107 Å². The average Bonchev–Trinajstić information content (AvgIpc) is 3.15. The molecule has 10 rings (SSSR count). The Kier molecular flexibility index (Phi) is 17.2. The molecule has 0 unspecified atom stereocenters. The maximum Gasteiger partial charge on any atom is 0.515 e. The molecule has 3 aliphatic heterocycles. The first-order valence-corrected chi connectivity index (χ1v) is 51.3. The molecular weight excluding hydrogens is 1190 g/mol. The van der Waals surface area contributed by atoms with Crippen LogP contribution in [0.4, 0.5) is 0 Å². The molecule has 3 saturated heterocycles. The molecule has 4 bridgehead atoms. The summed E-state index contributed by atoms with van der Waals surface area (Å²) in [5.41, 5.74) is 3.70. The Morgan fingerprint density at radius 2 is 0.741 bits per heavy atom. The van der Waals surface area contributed by atoms with Crippen molar-refractivity contribution in [1.29, 1.82) is 0 Å². The summed E-state index contributed by atoms with van der Waals surface area (Å²) in [6, 6.07) is 54.8. The van der Waals surface area contributed by atoms with Crippen LogP contribution in [-0.2, 0) is 49.7 Å². The molecule has 5 aromatic carbocycles. The van der Waals surface area contributed by atoms with Crippen LogP contribution in [0.3, 0.4) is 0 Å². The monoisotopic (exact) mass is 1270 g/mol. The van der Waals surface area contributed by atoms with Gasteiger partial charge in [-0.1, -0.05) is 168 Å². The highest BCUT2D eigenvalue weighted by Gasteiger charge is 2.77. The molecule has 0 radical (unpaired) electrons. The van der Waals surface area contributed by atoms with E-state index in [1.807, 2.05) is 154 Å². The van der Waals surface area contributed by atoms with E-state index >= 15 is 0 Å². The van der Waals surface area contributed by atoms with Crippen LogP contribution in [0.25, 0.3) is 45.3 Å². The molecule has 430 valence electrons. The predicted octanol–water partition coefficient (Wildman–Crippen LogP) is 12.7. The lowest BCUT2D eigenvalue weighted by molar-refractivity contribution is 0.0314. The molecule has 7 aromatic rings. The third-order valence-electron chi connectivity index (χ3n) is 15.2. The molecular formula is C57H78O14Si10. The van der Waals surface area contributed by atoms with Crippen LogP contribution in [0.15, 0.2) is 167 Å². The summed E-state index contributed by atoms with van der Waals surface area (Å²) in [4.78, 5) is 0. The summed E-state index contributed by atoms with van der Waals surface area (Å²) in [6.07, 6.45) is 0. The fourth-order valence-electron chi connectivity index (χ4n) is 10.4. The fourth-order valence-corrected chi connectivity index (χ4v) is 59.1. The summed E-state index contributed by atoms with van der Waals surface area (Å²) in [7, 11) is -35.0. The van der Waals surface area contributed by atoms with Crippen molar-refractivity contribution in [2.75, 3.05) is 7.11 Å². The Hall–Kier alpha value is -3.65. The first-order chi connectivity index (χ1) is 38.4. The Bertz CT molecular complexity index is 3280. The maximum atomic E-state index is 8.11. The Balaban J connectivity index is 1.17. The van der Waals surface area contributed by atoms with Gasteiger partial charge < -0.3 is 58.5 Å². The number of hydrogen-bond acceptors (Lipinski definition) is 14. The van der Waals surface area contributed by atoms with Gasteiger partial charge in [-0.15, -0.1) is 0 Å². The number of benzene rings is 5. The lowest BCUT2D eigenvalue weighted by Gasteiger charge is -2.58. The van der Waals surface area contributed by atoms with Gasteiger partial charge >= 0.3 is 61.4 Å². The quantitative estimate of drug-likeness (QED) is 0.0754. The van der Waals surface area contributed by atoms with E-state index in [0.717, 1.165) is 39.0 Å². The molecule has 5 heterocycles. The van der Waals surface area contributed by atoms with E-state index in [2.05, 4.69) is 90.5 Å². The van der Waals surface area contributed by atoms with Crippen LogP contribution in [0.2, 0.25) is 82.6 Å². The van der Waals surface area contributed by atoms with Gasteiger partial charge in [0.1, 0.15) is 23.0 Å². The topological polar surface area (TPSA) is 137 Å². The summed E-state index contributed by atoms with van der Waals surface area (Å²) in [5.74, 6) is 2.95. The summed E-state index contributed by atoms with van der Waals surface area (Å²) in [6.45, 7) is 27.5. The molecule has 24 heteroatoms. The molecule has 3 fully saturated rings. The third-order valence-corrected chi connectivity index (χ3v) is 55.8. The number of hydrogen-bond donors (Lipinski definition) is 0. The van der Waals surface area contributed by atoms with Gasteiger partial charge in [0.25, 0.3) is 0 Å². The van der Waals surface area contributed by atoms with Crippen LogP contribution in [0, 0.1) is 0 Å². The van der Waals surface area contributed by atoms with Gasteiger partial charge in [0, 0.05) is 63.9 Å². The van der Waals surface area contributed by atoms with Crippen molar-refractivity contribution in [3.8, 4) is 45.3 Å². The molecule has 0 amide bonds. The minimum atomic E-state index is -4.57. The molecule has 2 aromatic heterocycles. The summed E-state index contributed by atoms with van der Waals surface area (Å²) >= 11 is 0. The first kappa shape index (κ1) is 60.5. The SMILES string of the molecule is CC[Si@]1(C)O[Si@@]2(CC)O[Si@@](CC)(O[Si](C)(C)c3ccc([Si](C)(C)OC)cc3)O[Si@]3(c4ccc(-c5ccc(-c6ccccc6)o5)cc4)O[Si@](CC)(O[Si](C)(C)C)O[Si@](c4ccc(-c5ccc(-c6ccccc6)o5)cc4)(O1)O[Si@@](CC)(O2)O3. The second-order valence-corrected chi connectivity index (χ2v) is 58.5. The average molecular weight is 1270 g/mol. The van der Waals surface area contributed by atoms with Crippen molar-refractivity contribution < 1.29 is 58.5 Å². The highest BCUT2D eigenvalue weighted by atomic mass is 28.6. The lowest BCUT2D eigenvalue weighted by atomic mass is 10.1.